The molecule has 17 nitrogen and oxygen atoms in total. The van der Waals surface area contributed by atoms with Gasteiger partial charge in [-0.15, -0.1) is 0 Å². The average molecular weight is 1680 g/mol. The topological polar surface area (TPSA) is 180 Å². The van der Waals surface area contributed by atoms with Crippen molar-refractivity contribution in [2.45, 2.75) is 456 Å². The lowest BCUT2D eigenvalue weighted by Crippen LogP contribution is -2.38. The second-order valence-electron chi connectivity index (χ2n) is 34.7. The van der Waals surface area contributed by atoms with Crippen molar-refractivity contribution in [3.63, 3.8) is 0 Å². The Morgan fingerprint density at radius 1 is 0.246 bits per heavy atom. The Morgan fingerprint density at radius 2 is 0.475 bits per heavy atom. The molecule has 0 rings (SSSR count). The van der Waals surface area contributed by atoms with Gasteiger partial charge in [0, 0.05) is 78.0 Å². The van der Waals surface area contributed by atoms with Gasteiger partial charge in [0.05, 0.1) is 33.0 Å². The Balaban J connectivity index is -0.00000199. The Bertz CT molecular complexity index is 1920. The molecule has 0 aliphatic rings. The monoisotopic (exact) mass is 1680 g/mol. The molecule has 0 spiro atoms. The molecular formula is C101H204N6O11. The molecule has 0 saturated heterocycles. The quantitative estimate of drug-likeness (QED) is 0.0333. The molecule has 0 atom stereocenters. The summed E-state index contributed by atoms with van der Waals surface area (Å²) < 4.78 is 28.9. The molecule has 0 saturated carbocycles. The number of nitrogens with zero attached hydrogens (tertiary/aromatic N) is 5. The van der Waals surface area contributed by atoms with E-state index in [9.17, 15) is 24.0 Å². The SMILES string of the molecule is CCCCCCC(CCCCCC)COC(=O)CCCCCN(CCCCCC(=O)OCC(CCCCCC)CCCCCC)C(=O)OCCN(CC)CCN(CC)CC.CCCCCCC(CCCCCC)COC(=O)CCCCCNCCCCCC(=O)OCC(CCCCCC)CCCCCC.CCN(CC)CCN(CC)CCO. The standard InChI is InChI=1S/C51H101N3O6.C40H79NO4.C10H24N2O/c1-8-15-19-25-33-47(34-26-20-16-9-2)45-59-49(55)37-29-23-31-39-54(51(57)58-44-43-53(14-7)42-41-52(12-5)13-6)40-32-24-30-38-50(56)60-46-48(35-27-21-17-10-3)36-28-22-18-11-4;1-5-9-13-19-27-37(28-20-14-10-6-2)35-44-39(42)31-23-17-25-33-41-34-26-18-24-32-40(43)45-36-38(29-21-15-11-7-3)30-22-16-12-8-4;1-4-11(5-2)7-8-12(6-3)9-10-13/h47-48H,8-46H2,1-7H3;37-38,41H,5-36H2,1-4H3;13H,4-10H2,1-3H3. The first-order valence-corrected chi connectivity index (χ1v) is 51.4. The van der Waals surface area contributed by atoms with Gasteiger partial charge in [-0.25, -0.2) is 4.79 Å². The molecular weight excluding hydrogens is 1470 g/mol. The van der Waals surface area contributed by atoms with Crippen LogP contribution in [0.15, 0.2) is 0 Å². The van der Waals surface area contributed by atoms with Crippen molar-refractivity contribution in [2.75, 3.05) is 144 Å². The molecule has 0 heterocycles. The van der Waals surface area contributed by atoms with Crippen LogP contribution in [0.25, 0.3) is 0 Å². The zero-order valence-electron chi connectivity index (χ0n) is 81.2. The number of aliphatic hydroxyl groups excluding tert-OH is 1. The van der Waals surface area contributed by atoms with Crippen molar-refractivity contribution in [2.24, 2.45) is 23.7 Å². The Labute approximate surface area is 733 Å². The van der Waals surface area contributed by atoms with Gasteiger partial charge in [0.25, 0.3) is 0 Å². The normalized spacial score (nSPS) is 11.6. The first-order valence-electron chi connectivity index (χ1n) is 51.4. The minimum atomic E-state index is -0.263. The number of esters is 4. The lowest BCUT2D eigenvalue weighted by molar-refractivity contribution is -0.146. The van der Waals surface area contributed by atoms with E-state index in [1.165, 1.54) is 231 Å². The van der Waals surface area contributed by atoms with E-state index < -0.39 is 0 Å². The molecule has 0 aliphatic carbocycles. The summed E-state index contributed by atoms with van der Waals surface area (Å²) in [5.41, 5.74) is 0. The van der Waals surface area contributed by atoms with Crippen LogP contribution in [-0.4, -0.2) is 204 Å². The number of aliphatic hydroxyl groups is 1. The number of hydrogen-bond acceptors (Lipinski definition) is 16. The van der Waals surface area contributed by atoms with Gasteiger partial charge >= 0.3 is 30.0 Å². The fraction of sp³-hybridized carbons (Fsp3) is 0.950. The highest BCUT2D eigenvalue weighted by molar-refractivity contribution is 5.70. The summed E-state index contributed by atoms with van der Waals surface area (Å²) in [5.74, 6) is 1.83. The summed E-state index contributed by atoms with van der Waals surface area (Å²) in [5, 5.41) is 12.3. The molecule has 0 aromatic heterocycles. The summed E-state index contributed by atoms with van der Waals surface area (Å²) >= 11 is 0. The first-order chi connectivity index (χ1) is 57.6. The largest absolute Gasteiger partial charge is 0.465 e. The van der Waals surface area contributed by atoms with Gasteiger partial charge < -0.3 is 53.7 Å². The minimum absolute atomic E-state index is 0.0110. The van der Waals surface area contributed by atoms with Crippen LogP contribution in [0.3, 0.4) is 0 Å². The number of carbonyl (C=O) groups excluding carboxylic acids is 5. The molecule has 0 bridgehead atoms. The van der Waals surface area contributed by atoms with E-state index in [1.54, 1.807) is 0 Å². The molecule has 17 heteroatoms. The van der Waals surface area contributed by atoms with Gasteiger partial charge in [-0.1, -0.05) is 328 Å². The van der Waals surface area contributed by atoms with Crippen molar-refractivity contribution in [3.05, 3.63) is 0 Å². The van der Waals surface area contributed by atoms with E-state index in [1.807, 2.05) is 4.90 Å². The summed E-state index contributed by atoms with van der Waals surface area (Å²) in [4.78, 5) is 74.8. The lowest BCUT2D eigenvalue weighted by Gasteiger charge is -2.26. The zero-order chi connectivity index (χ0) is 87.5. The molecule has 2 N–H and O–H groups in total. The number of rotatable bonds is 89. The van der Waals surface area contributed by atoms with E-state index in [-0.39, 0.29) is 36.6 Å². The summed E-state index contributed by atoms with van der Waals surface area (Å²) in [7, 11) is 0. The highest BCUT2D eigenvalue weighted by Gasteiger charge is 2.20. The van der Waals surface area contributed by atoms with Gasteiger partial charge in [0.2, 0.25) is 0 Å². The van der Waals surface area contributed by atoms with E-state index in [0.29, 0.717) is 95.5 Å². The fourth-order valence-corrected chi connectivity index (χ4v) is 15.6. The van der Waals surface area contributed by atoms with Crippen LogP contribution in [0.4, 0.5) is 4.79 Å². The Kier molecular flexibility index (Phi) is 97.0. The Hall–Kier alpha value is -3.09. The van der Waals surface area contributed by atoms with Crippen molar-refractivity contribution < 1.29 is 52.8 Å². The third-order valence-electron chi connectivity index (χ3n) is 24.2. The predicted molar refractivity (Wildman–Crippen MR) is 504 cm³/mol. The van der Waals surface area contributed by atoms with Crippen LogP contribution in [0.2, 0.25) is 0 Å². The van der Waals surface area contributed by atoms with Crippen LogP contribution < -0.4 is 5.32 Å². The third-order valence-corrected chi connectivity index (χ3v) is 24.2. The molecule has 0 radical (unpaired) electrons. The number of unbranched alkanes of at least 4 members (excludes halogenated alkanes) is 32. The molecule has 0 aromatic carbocycles. The van der Waals surface area contributed by atoms with Crippen molar-refractivity contribution in [1.82, 2.24) is 29.8 Å². The number of hydrogen-bond donors (Lipinski definition) is 2. The summed E-state index contributed by atoms with van der Waals surface area (Å²) in [6.07, 6.45) is 62.7. The fourth-order valence-electron chi connectivity index (χ4n) is 15.6. The second-order valence-corrected chi connectivity index (χ2v) is 34.7. The Morgan fingerprint density at radius 3 is 0.712 bits per heavy atom. The number of nitrogens with one attached hydrogen (secondary N) is 1. The van der Waals surface area contributed by atoms with Crippen molar-refractivity contribution in [3.8, 4) is 0 Å². The van der Waals surface area contributed by atoms with E-state index in [0.717, 1.165) is 194 Å². The van der Waals surface area contributed by atoms with E-state index in [2.05, 4.69) is 122 Å². The van der Waals surface area contributed by atoms with Crippen molar-refractivity contribution in [1.29, 1.82) is 0 Å². The number of carbonyl (C=O) groups is 5. The predicted octanol–water partition coefficient (Wildman–Crippen LogP) is 25.9. The molecule has 0 unspecified atom stereocenters. The van der Waals surface area contributed by atoms with Gasteiger partial charge in [0.15, 0.2) is 0 Å². The first kappa shape index (κ1) is 119. The van der Waals surface area contributed by atoms with Crippen LogP contribution in [0.1, 0.15) is 456 Å². The molecule has 704 valence electrons. The van der Waals surface area contributed by atoms with Gasteiger partial charge in [-0.2, -0.15) is 0 Å². The number of likely N-dealkylation sites (N-methyl/N-ethyl adjacent to an activating group) is 4. The maximum atomic E-state index is 13.4. The van der Waals surface area contributed by atoms with Crippen LogP contribution in [-0.2, 0) is 42.9 Å². The maximum Gasteiger partial charge on any atom is 0.409 e. The molecule has 1 amide bonds. The highest BCUT2D eigenvalue weighted by atomic mass is 16.6. The van der Waals surface area contributed by atoms with Crippen LogP contribution >= 0.6 is 0 Å². The molecule has 0 aliphatic heterocycles. The van der Waals surface area contributed by atoms with Gasteiger partial charge in [-0.3, -0.25) is 24.1 Å². The third kappa shape index (κ3) is 83.8. The molecule has 0 fully saturated rings. The molecule has 118 heavy (non-hydrogen) atoms. The van der Waals surface area contributed by atoms with Crippen LogP contribution in [0, 0.1) is 23.7 Å². The average Bonchev–Trinajstić information content (AvgIpc) is 0.932. The highest BCUT2D eigenvalue weighted by Crippen LogP contribution is 2.25. The van der Waals surface area contributed by atoms with Crippen LogP contribution in [0.5, 0.6) is 0 Å². The lowest BCUT2D eigenvalue weighted by atomic mass is 9.95. The molecule has 0 aromatic rings. The van der Waals surface area contributed by atoms with Gasteiger partial charge in [-0.05, 0) is 179 Å². The van der Waals surface area contributed by atoms with E-state index in [4.69, 9.17) is 28.8 Å². The number of ether oxygens (including phenoxy) is 5. The zero-order valence-corrected chi connectivity index (χ0v) is 81.2. The summed E-state index contributed by atoms with van der Waals surface area (Å²) in [6, 6.07) is 0. The minimum Gasteiger partial charge on any atom is -0.465 e. The summed E-state index contributed by atoms with van der Waals surface area (Å²) in [6.45, 7) is 49.2. The van der Waals surface area contributed by atoms with Gasteiger partial charge in [0.1, 0.15) is 6.61 Å². The van der Waals surface area contributed by atoms with E-state index >= 15 is 0 Å². The smallest absolute Gasteiger partial charge is 0.409 e. The second kappa shape index (κ2) is 96.1. The van der Waals surface area contributed by atoms with Crippen molar-refractivity contribution >= 4 is 30.0 Å². The number of amides is 1. The maximum absolute atomic E-state index is 13.4.